The van der Waals surface area contributed by atoms with E-state index in [1.807, 2.05) is 0 Å². The Balaban J connectivity index is 2.66. The van der Waals surface area contributed by atoms with E-state index in [2.05, 4.69) is 15.3 Å². The molecule has 1 aromatic heterocycles. The van der Waals surface area contributed by atoms with Crippen molar-refractivity contribution in [2.45, 2.75) is 6.18 Å². The first-order valence-electron chi connectivity index (χ1n) is 4.21. The second-order valence-corrected chi connectivity index (χ2v) is 2.67. The molecule has 0 radical (unpaired) electrons. The smallest absolute Gasteiger partial charge is 0.433 e. The number of rotatable bonds is 4. The van der Waals surface area contributed by atoms with Crippen molar-refractivity contribution in [2.75, 3.05) is 20.2 Å². The van der Waals surface area contributed by atoms with Crippen molar-refractivity contribution in [1.82, 2.24) is 15.3 Å². The highest BCUT2D eigenvalue weighted by Crippen LogP contribution is 2.27. The van der Waals surface area contributed by atoms with Crippen LogP contribution in [0, 0.1) is 0 Å². The molecule has 0 saturated carbocycles. The molecular weight excluding hydrogens is 211 g/mol. The minimum absolute atomic E-state index is 0.220. The van der Waals surface area contributed by atoms with Crippen molar-refractivity contribution < 1.29 is 17.9 Å². The van der Waals surface area contributed by atoms with Gasteiger partial charge in [-0.15, -0.1) is 0 Å². The van der Waals surface area contributed by atoms with E-state index in [4.69, 9.17) is 4.74 Å². The summed E-state index contributed by atoms with van der Waals surface area (Å²) in [6.45, 7) is 0.734. The van der Waals surface area contributed by atoms with E-state index >= 15 is 0 Å². The van der Waals surface area contributed by atoms with Crippen LogP contribution >= 0.6 is 0 Å². The van der Waals surface area contributed by atoms with E-state index in [-0.39, 0.29) is 12.6 Å². The summed E-state index contributed by atoms with van der Waals surface area (Å²) in [5.74, 6) is 0. The molecule has 0 bridgehead atoms. The van der Waals surface area contributed by atoms with E-state index in [9.17, 15) is 13.2 Å². The van der Waals surface area contributed by atoms with Gasteiger partial charge in [-0.2, -0.15) is 18.2 Å². The zero-order valence-electron chi connectivity index (χ0n) is 8.01. The summed E-state index contributed by atoms with van der Waals surface area (Å²) < 4.78 is 41.5. The zero-order valence-corrected chi connectivity index (χ0v) is 8.01. The number of likely N-dealkylation sites (N-methyl/N-ethyl adjacent to an activating group) is 1. The van der Waals surface area contributed by atoms with Crippen LogP contribution in [-0.2, 0) is 6.18 Å². The number of ether oxygens (including phenoxy) is 1. The van der Waals surface area contributed by atoms with Gasteiger partial charge in [0.2, 0.25) is 0 Å². The maximum atomic E-state index is 12.2. The van der Waals surface area contributed by atoms with Crippen molar-refractivity contribution in [2.24, 2.45) is 0 Å². The highest BCUT2D eigenvalue weighted by Gasteiger charge is 2.32. The number of alkyl halides is 3. The number of aromatic nitrogens is 2. The van der Waals surface area contributed by atoms with Gasteiger partial charge in [-0.3, -0.25) is 0 Å². The second-order valence-electron chi connectivity index (χ2n) is 2.67. The van der Waals surface area contributed by atoms with Gasteiger partial charge in [0.1, 0.15) is 6.61 Å². The Kier molecular flexibility index (Phi) is 3.84. The van der Waals surface area contributed by atoms with Gasteiger partial charge in [0, 0.05) is 12.7 Å². The van der Waals surface area contributed by atoms with Gasteiger partial charge in [0.05, 0.1) is 0 Å². The van der Waals surface area contributed by atoms with Crippen molar-refractivity contribution in [3.8, 4) is 6.01 Å². The molecule has 0 aliphatic carbocycles. The van der Waals surface area contributed by atoms with E-state index in [0.29, 0.717) is 6.54 Å². The lowest BCUT2D eigenvalue weighted by Gasteiger charge is -2.07. The Morgan fingerprint density at radius 1 is 1.47 bits per heavy atom. The number of nitrogens with one attached hydrogen (secondary N) is 1. The van der Waals surface area contributed by atoms with Gasteiger partial charge in [-0.25, -0.2) is 4.98 Å². The topological polar surface area (TPSA) is 47.0 Å². The molecule has 15 heavy (non-hydrogen) atoms. The first-order chi connectivity index (χ1) is 7.04. The molecule has 0 aliphatic rings. The maximum Gasteiger partial charge on any atom is 0.433 e. The second kappa shape index (κ2) is 4.92. The van der Waals surface area contributed by atoms with Crippen LogP contribution in [0.3, 0.4) is 0 Å². The Morgan fingerprint density at radius 2 is 2.20 bits per heavy atom. The Morgan fingerprint density at radius 3 is 2.80 bits per heavy atom. The standard InChI is InChI=1S/C8H10F3N3O/c1-12-4-5-15-7-13-3-2-6(14-7)8(9,10)11/h2-3,12H,4-5H2,1H3. The molecule has 0 fully saturated rings. The SMILES string of the molecule is CNCCOc1nccc(C(F)(F)F)n1. The fraction of sp³-hybridized carbons (Fsp3) is 0.500. The fourth-order valence-corrected chi connectivity index (χ4v) is 0.813. The minimum atomic E-state index is -4.47. The van der Waals surface area contributed by atoms with Crippen LogP contribution in [0.25, 0.3) is 0 Å². The van der Waals surface area contributed by atoms with Crippen LogP contribution in [0.15, 0.2) is 12.3 Å². The summed E-state index contributed by atoms with van der Waals surface area (Å²) in [6, 6.07) is 0.533. The summed E-state index contributed by atoms with van der Waals surface area (Å²) >= 11 is 0. The average Bonchev–Trinajstić information content (AvgIpc) is 2.17. The summed E-state index contributed by atoms with van der Waals surface area (Å²) in [7, 11) is 1.70. The first-order valence-corrected chi connectivity index (χ1v) is 4.21. The average molecular weight is 221 g/mol. The molecule has 0 aliphatic heterocycles. The third-order valence-electron chi connectivity index (χ3n) is 1.51. The van der Waals surface area contributed by atoms with Gasteiger partial charge in [-0.1, -0.05) is 0 Å². The molecule has 1 aromatic rings. The molecular formula is C8H10F3N3O. The summed E-state index contributed by atoms with van der Waals surface area (Å²) in [5, 5.41) is 2.78. The van der Waals surface area contributed by atoms with Crippen LogP contribution in [0.1, 0.15) is 5.69 Å². The molecule has 0 amide bonds. The molecule has 0 aromatic carbocycles. The molecule has 0 atom stereocenters. The molecule has 1 N–H and O–H groups in total. The lowest BCUT2D eigenvalue weighted by Crippen LogP contribution is -2.17. The number of hydrogen-bond acceptors (Lipinski definition) is 4. The van der Waals surface area contributed by atoms with E-state index in [1.165, 1.54) is 0 Å². The highest BCUT2D eigenvalue weighted by atomic mass is 19.4. The fourth-order valence-electron chi connectivity index (χ4n) is 0.813. The Labute approximate surface area is 84.5 Å². The number of nitrogens with zero attached hydrogens (tertiary/aromatic N) is 2. The minimum Gasteiger partial charge on any atom is -0.462 e. The van der Waals surface area contributed by atoms with Gasteiger partial charge >= 0.3 is 12.2 Å². The lowest BCUT2D eigenvalue weighted by atomic mass is 10.4. The summed E-state index contributed by atoms with van der Waals surface area (Å²) in [6.07, 6.45) is -3.45. The highest BCUT2D eigenvalue weighted by molar-refractivity contribution is 5.08. The molecule has 0 saturated heterocycles. The molecule has 7 heteroatoms. The lowest BCUT2D eigenvalue weighted by molar-refractivity contribution is -0.141. The molecule has 84 valence electrons. The maximum absolute atomic E-state index is 12.2. The number of halogens is 3. The van der Waals surface area contributed by atoms with Crippen LogP contribution in [0.4, 0.5) is 13.2 Å². The van der Waals surface area contributed by atoms with Gasteiger partial charge in [-0.05, 0) is 13.1 Å². The zero-order chi connectivity index (χ0) is 11.3. The van der Waals surface area contributed by atoms with Crippen molar-refractivity contribution in [3.63, 3.8) is 0 Å². The quantitative estimate of drug-likeness (QED) is 0.773. The molecule has 4 nitrogen and oxygen atoms in total. The van der Waals surface area contributed by atoms with Crippen LogP contribution in [0.2, 0.25) is 0 Å². The molecule has 1 heterocycles. The predicted octanol–water partition coefficient (Wildman–Crippen LogP) is 1.09. The van der Waals surface area contributed by atoms with Crippen LogP contribution in [0.5, 0.6) is 6.01 Å². The van der Waals surface area contributed by atoms with Gasteiger partial charge in [0.15, 0.2) is 5.69 Å². The Hall–Kier alpha value is -1.37. The monoisotopic (exact) mass is 221 g/mol. The normalized spacial score (nSPS) is 11.5. The third-order valence-corrected chi connectivity index (χ3v) is 1.51. The van der Waals surface area contributed by atoms with Crippen molar-refractivity contribution in [1.29, 1.82) is 0 Å². The third kappa shape index (κ3) is 3.70. The van der Waals surface area contributed by atoms with E-state index in [1.54, 1.807) is 7.05 Å². The van der Waals surface area contributed by atoms with Crippen LogP contribution in [-0.4, -0.2) is 30.2 Å². The van der Waals surface area contributed by atoms with Crippen molar-refractivity contribution in [3.05, 3.63) is 18.0 Å². The summed E-state index contributed by atoms with van der Waals surface area (Å²) in [5.41, 5.74) is -1.00. The molecule has 0 unspecified atom stereocenters. The van der Waals surface area contributed by atoms with Crippen molar-refractivity contribution >= 4 is 0 Å². The Bertz CT molecular complexity index is 316. The first kappa shape index (κ1) is 11.7. The number of hydrogen-bond donors (Lipinski definition) is 1. The van der Waals surface area contributed by atoms with Crippen LogP contribution < -0.4 is 10.1 Å². The van der Waals surface area contributed by atoms with E-state index in [0.717, 1.165) is 12.3 Å². The van der Waals surface area contributed by atoms with Gasteiger partial charge in [0.25, 0.3) is 0 Å². The van der Waals surface area contributed by atoms with Gasteiger partial charge < -0.3 is 10.1 Å². The molecule has 1 rings (SSSR count). The van der Waals surface area contributed by atoms with E-state index < -0.39 is 11.9 Å². The predicted molar refractivity (Wildman–Crippen MR) is 46.5 cm³/mol. The molecule has 0 spiro atoms. The largest absolute Gasteiger partial charge is 0.462 e. The summed E-state index contributed by atoms with van der Waals surface area (Å²) in [4.78, 5) is 6.79.